The van der Waals surface area contributed by atoms with Gasteiger partial charge in [-0.25, -0.2) is 9.97 Å². The minimum Gasteiger partial charge on any atom is -0.351 e. The molecule has 1 aromatic rings. The number of nitrogens with one attached hydrogen (secondary N) is 1. The van der Waals surface area contributed by atoms with Crippen LogP contribution >= 0.6 is 11.6 Å². The van der Waals surface area contributed by atoms with E-state index in [4.69, 9.17) is 11.6 Å². The van der Waals surface area contributed by atoms with E-state index in [0.717, 1.165) is 12.3 Å². The first kappa shape index (κ1) is 14.3. The molecular formula is C14H20ClN3O. The zero-order valence-electron chi connectivity index (χ0n) is 11.3. The lowest BCUT2D eigenvalue weighted by atomic mass is 9.87. The molecule has 1 fully saturated rings. The number of hydrogen-bond acceptors (Lipinski definition) is 3. The number of halogens is 1. The Morgan fingerprint density at radius 2 is 2.11 bits per heavy atom. The van der Waals surface area contributed by atoms with Crippen LogP contribution in [0.3, 0.4) is 0 Å². The average molecular weight is 282 g/mol. The van der Waals surface area contributed by atoms with Crippen LogP contribution < -0.4 is 5.32 Å². The largest absolute Gasteiger partial charge is 0.351 e. The van der Waals surface area contributed by atoms with Crippen molar-refractivity contribution in [1.82, 2.24) is 15.3 Å². The summed E-state index contributed by atoms with van der Waals surface area (Å²) >= 11 is 5.75. The quantitative estimate of drug-likeness (QED) is 0.863. The number of aryl methyl sites for hydroxylation is 1. The summed E-state index contributed by atoms with van der Waals surface area (Å²) < 4.78 is 0. The molecule has 1 heterocycles. The van der Waals surface area contributed by atoms with E-state index in [1.807, 2.05) is 0 Å². The van der Waals surface area contributed by atoms with Gasteiger partial charge in [0.2, 0.25) is 5.28 Å². The van der Waals surface area contributed by atoms with Crippen LogP contribution in [0.4, 0.5) is 0 Å². The van der Waals surface area contributed by atoms with Crippen molar-refractivity contribution in [3.8, 4) is 0 Å². The predicted molar refractivity (Wildman–Crippen MR) is 75.3 cm³/mol. The van der Waals surface area contributed by atoms with Crippen molar-refractivity contribution in [2.75, 3.05) is 6.54 Å². The van der Waals surface area contributed by atoms with E-state index in [2.05, 4.69) is 15.3 Å². The molecule has 19 heavy (non-hydrogen) atoms. The SMILES string of the molecule is Cc1cc(C(=O)NCCC2CCCCC2)nc(Cl)n1. The smallest absolute Gasteiger partial charge is 0.270 e. The monoisotopic (exact) mass is 281 g/mol. The molecule has 0 saturated heterocycles. The lowest BCUT2D eigenvalue weighted by molar-refractivity contribution is 0.0945. The summed E-state index contributed by atoms with van der Waals surface area (Å²) in [6, 6.07) is 1.65. The third kappa shape index (κ3) is 4.46. The van der Waals surface area contributed by atoms with Crippen LogP contribution in [0.1, 0.15) is 54.7 Å². The van der Waals surface area contributed by atoms with Crippen molar-refractivity contribution in [2.24, 2.45) is 5.92 Å². The molecule has 5 heteroatoms. The molecular weight excluding hydrogens is 262 g/mol. The van der Waals surface area contributed by atoms with Gasteiger partial charge in [-0.15, -0.1) is 0 Å². The Kier molecular flexibility index (Phi) is 5.14. The normalized spacial score (nSPS) is 16.3. The van der Waals surface area contributed by atoms with Gasteiger partial charge >= 0.3 is 0 Å². The second kappa shape index (κ2) is 6.85. The van der Waals surface area contributed by atoms with Gasteiger partial charge in [-0.3, -0.25) is 4.79 Å². The Balaban J connectivity index is 1.80. The predicted octanol–water partition coefficient (Wildman–Crippen LogP) is 3.14. The molecule has 1 aliphatic rings. The van der Waals surface area contributed by atoms with Gasteiger partial charge in [0.1, 0.15) is 5.69 Å². The summed E-state index contributed by atoms with van der Waals surface area (Å²) in [5.41, 5.74) is 1.05. The summed E-state index contributed by atoms with van der Waals surface area (Å²) in [6.45, 7) is 2.51. The summed E-state index contributed by atoms with van der Waals surface area (Å²) in [7, 11) is 0. The van der Waals surface area contributed by atoms with E-state index in [1.165, 1.54) is 32.1 Å². The lowest BCUT2D eigenvalue weighted by Crippen LogP contribution is -2.27. The number of hydrogen-bond donors (Lipinski definition) is 1. The van der Waals surface area contributed by atoms with Crippen LogP contribution in [0.15, 0.2) is 6.07 Å². The third-order valence-corrected chi connectivity index (χ3v) is 3.79. The number of rotatable bonds is 4. The molecule has 1 saturated carbocycles. The molecule has 1 aromatic heterocycles. The number of carbonyl (C=O) groups is 1. The van der Waals surface area contributed by atoms with Crippen LogP contribution in [0.2, 0.25) is 5.28 Å². The molecule has 1 N–H and O–H groups in total. The fourth-order valence-corrected chi connectivity index (χ4v) is 2.83. The van der Waals surface area contributed by atoms with Gasteiger partial charge in [-0.2, -0.15) is 0 Å². The number of carbonyl (C=O) groups excluding carboxylic acids is 1. The van der Waals surface area contributed by atoms with E-state index in [9.17, 15) is 4.79 Å². The van der Waals surface area contributed by atoms with Gasteiger partial charge < -0.3 is 5.32 Å². The summed E-state index contributed by atoms with van der Waals surface area (Å²) in [6.07, 6.45) is 7.69. The first-order valence-electron chi connectivity index (χ1n) is 6.94. The maximum absolute atomic E-state index is 11.9. The van der Waals surface area contributed by atoms with Gasteiger partial charge in [0.05, 0.1) is 0 Å². The number of nitrogens with zero attached hydrogens (tertiary/aromatic N) is 2. The summed E-state index contributed by atoms with van der Waals surface area (Å²) in [5, 5.41) is 3.04. The van der Waals surface area contributed by atoms with Gasteiger partial charge in [-0.1, -0.05) is 32.1 Å². The van der Waals surface area contributed by atoms with Crippen LogP contribution in [0.25, 0.3) is 0 Å². The summed E-state index contributed by atoms with van der Waals surface area (Å²) in [4.78, 5) is 19.8. The molecule has 0 bridgehead atoms. The van der Waals surface area contributed by atoms with E-state index < -0.39 is 0 Å². The molecule has 0 unspecified atom stereocenters. The van der Waals surface area contributed by atoms with Crippen molar-refractivity contribution >= 4 is 17.5 Å². The fraction of sp³-hybridized carbons (Fsp3) is 0.643. The maximum Gasteiger partial charge on any atom is 0.270 e. The van der Waals surface area contributed by atoms with Crippen LogP contribution in [0, 0.1) is 12.8 Å². The molecule has 104 valence electrons. The minimum absolute atomic E-state index is 0.123. The summed E-state index contributed by atoms with van der Waals surface area (Å²) in [5.74, 6) is 0.605. The van der Waals surface area contributed by atoms with Gasteiger partial charge in [0.15, 0.2) is 0 Å². The van der Waals surface area contributed by atoms with Crippen LogP contribution in [-0.4, -0.2) is 22.4 Å². The van der Waals surface area contributed by atoms with E-state index in [-0.39, 0.29) is 11.2 Å². The van der Waals surface area contributed by atoms with Gasteiger partial charge in [0, 0.05) is 12.2 Å². The van der Waals surface area contributed by atoms with Crippen molar-refractivity contribution in [1.29, 1.82) is 0 Å². The van der Waals surface area contributed by atoms with E-state index in [0.29, 0.717) is 17.9 Å². The maximum atomic E-state index is 11.9. The Hall–Kier alpha value is -1.16. The molecule has 0 spiro atoms. The Labute approximate surface area is 119 Å². The van der Waals surface area contributed by atoms with Gasteiger partial charge in [-0.05, 0) is 36.9 Å². The van der Waals surface area contributed by atoms with Crippen molar-refractivity contribution in [3.05, 3.63) is 22.7 Å². The third-order valence-electron chi connectivity index (χ3n) is 3.62. The first-order valence-corrected chi connectivity index (χ1v) is 7.32. The van der Waals surface area contributed by atoms with Crippen molar-refractivity contribution in [2.45, 2.75) is 45.4 Å². The van der Waals surface area contributed by atoms with Crippen LogP contribution in [-0.2, 0) is 0 Å². The van der Waals surface area contributed by atoms with E-state index >= 15 is 0 Å². The number of amides is 1. The minimum atomic E-state index is -0.164. The first-order chi connectivity index (χ1) is 9.15. The second-order valence-electron chi connectivity index (χ2n) is 5.21. The highest BCUT2D eigenvalue weighted by Crippen LogP contribution is 2.25. The molecule has 1 aliphatic carbocycles. The Morgan fingerprint density at radius 1 is 1.37 bits per heavy atom. The molecule has 0 aliphatic heterocycles. The average Bonchev–Trinajstić information content (AvgIpc) is 2.38. The van der Waals surface area contributed by atoms with Crippen molar-refractivity contribution < 1.29 is 4.79 Å². The van der Waals surface area contributed by atoms with Crippen molar-refractivity contribution in [3.63, 3.8) is 0 Å². The molecule has 2 rings (SSSR count). The van der Waals surface area contributed by atoms with Gasteiger partial charge in [0.25, 0.3) is 5.91 Å². The molecule has 0 aromatic carbocycles. The topological polar surface area (TPSA) is 54.9 Å². The Bertz CT molecular complexity index is 424. The van der Waals surface area contributed by atoms with E-state index in [1.54, 1.807) is 13.0 Å². The highest BCUT2D eigenvalue weighted by Gasteiger charge is 2.14. The standard InChI is InChI=1S/C14H20ClN3O/c1-10-9-12(18-14(15)17-10)13(19)16-8-7-11-5-3-2-4-6-11/h9,11H,2-8H2,1H3,(H,16,19). The highest BCUT2D eigenvalue weighted by atomic mass is 35.5. The molecule has 0 atom stereocenters. The Morgan fingerprint density at radius 3 is 2.79 bits per heavy atom. The molecule has 0 radical (unpaired) electrons. The van der Waals surface area contributed by atoms with Crippen LogP contribution in [0.5, 0.6) is 0 Å². The number of aromatic nitrogens is 2. The fourth-order valence-electron chi connectivity index (χ4n) is 2.60. The molecule has 4 nitrogen and oxygen atoms in total. The zero-order chi connectivity index (χ0) is 13.7. The molecule has 1 amide bonds. The zero-order valence-corrected chi connectivity index (χ0v) is 12.0. The highest BCUT2D eigenvalue weighted by molar-refractivity contribution is 6.28. The lowest BCUT2D eigenvalue weighted by Gasteiger charge is -2.21. The second-order valence-corrected chi connectivity index (χ2v) is 5.55.